The molecule has 118 valence electrons. The number of ether oxygens (including phenoxy) is 1. The van der Waals surface area contributed by atoms with Crippen LogP contribution in [0.25, 0.3) is 0 Å². The molecule has 2 rings (SSSR count). The predicted molar refractivity (Wildman–Crippen MR) is 83.2 cm³/mol. The van der Waals surface area contributed by atoms with Gasteiger partial charge in [-0.15, -0.1) is 0 Å². The van der Waals surface area contributed by atoms with Crippen LogP contribution in [0.2, 0.25) is 0 Å². The number of benzene rings is 1. The van der Waals surface area contributed by atoms with Crippen LogP contribution in [0.1, 0.15) is 36.8 Å². The third-order valence-electron chi connectivity index (χ3n) is 3.75. The Balaban J connectivity index is 1.84. The van der Waals surface area contributed by atoms with E-state index < -0.39 is 10.0 Å². The van der Waals surface area contributed by atoms with Crippen LogP contribution in [-0.2, 0) is 27.1 Å². The van der Waals surface area contributed by atoms with E-state index in [0.29, 0.717) is 13.1 Å². The van der Waals surface area contributed by atoms with Crippen molar-refractivity contribution in [1.82, 2.24) is 4.72 Å². The van der Waals surface area contributed by atoms with E-state index in [1.54, 1.807) is 0 Å². The molecule has 1 fully saturated rings. The van der Waals surface area contributed by atoms with Crippen molar-refractivity contribution in [3.63, 3.8) is 0 Å². The van der Waals surface area contributed by atoms with E-state index in [1.807, 2.05) is 24.3 Å². The third kappa shape index (κ3) is 5.39. The number of rotatable bonds is 7. The molecule has 1 unspecified atom stereocenters. The predicted octanol–water partition coefficient (Wildman–Crippen LogP) is 1.52. The van der Waals surface area contributed by atoms with Gasteiger partial charge in [-0.2, -0.15) is 0 Å². The van der Waals surface area contributed by atoms with Crippen LogP contribution < -0.4 is 10.5 Å². The normalized spacial score (nSPS) is 19.6. The van der Waals surface area contributed by atoms with Crippen LogP contribution >= 0.6 is 0 Å². The quantitative estimate of drug-likeness (QED) is 0.800. The van der Waals surface area contributed by atoms with Gasteiger partial charge in [0.25, 0.3) is 0 Å². The van der Waals surface area contributed by atoms with Gasteiger partial charge < -0.3 is 10.5 Å². The Kier molecular flexibility index (Phi) is 6.17. The lowest BCUT2D eigenvalue weighted by molar-refractivity contribution is 0.0123. The molecule has 1 atom stereocenters. The van der Waals surface area contributed by atoms with Gasteiger partial charge in [-0.05, 0) is 36.8 Å². The summed E-state index contributed by atoms with van der Waals surface area (Å²) in [5.74, 6) is -0.0219. The van der Waals surface area contributed by atoms with E-state index in [0.717, 1.165) is 37.0 Å². The third-order valence-corrected chi connectivity index (χ3v) is 5.08. The molecular formula is C15H24N2O3S. The summed E-state index contributed by atoms with van der Waals surface area (Å²) in [4.78, 5) is 0. The molecule has 0 spiro atoms. The van der Waals surface area contributed by atoms with E-state index in [-0.39, 0.29) is 11.9 Å². The van der Waals surface area contributed by atoms with Gasteiger partial charge in [-0.1, -0.05) is 24.3 Å². The summed E-state index contributed by atoms with van der Waals surface area (Å²) in [6, 6.07) is 7.37. The highest BCUT2D eigenvalue weighted by Crippen LogP contribution is 2.15. The topological polar surface area (TPSA) is 81.4 Å². The van der Waals surface area contributed by atoms with Gasteiger partial charge >= 0.3 is 0 Å². The molecule has 0 aliphatic carbocycles. The van der Waals surface area contributed by atoms with Gasteiger partial charge in [-0.3, -0.25) is 0 Å². The molecule has 1 aromatic rings. The van der Waals surface area contributed by atoms with Crippen LogP contribution in [0.5, 0.6) is 0 Å². The number of hydrogen-bond acceptors (Lipinski definition) is 4. The molecule has 3 N–H and O–H groups in total. The van der Waals surface area contributed by atoms with Crippen LogP contribution in [0.4, 0.5) is 0 Å². The van der Waals surface area contributed by atoms with E-state index in [4.69, 9.17) is 10.5 Å². The second-order valence-corrected chi connectivity index (χ2v) is 7.21. The highest BCUT2D eigenvalue weighted by molar-refractivity contribution is 7.88. The van der Waals surface area contributed by atoms with Crippen LogP contribution in [-0.4, -0.2) is 27.7 Å². The molecule has 0 bridgehead atoms. The van der Waals surface area contributed by atoms with Crippen molar-refractivity contribution in [1.29, 1.82) is 0 Å². The Morgan fingerprint density at radius 1 is 1.24 bits per heavy atom. The standard InChI is InChI=1S/C15H24N2O3S/c16-11-13-5-1-2-6-14(13)12-21(18,19)17-9-8-15-7-3-4-10-20-15/h1-2,5-6,15,17H,3-4,7-12,16H2. The Morgan fingerprint density at radius 3 is 2.67 bits per heavy atom. The maximum atomic E-state index is 12.1. The van der Waals surface area contributed by atoms with Crippen LogP contribution in [0.15, 0.2) is 24.3 Å². The first-order chi connectivity index (χ1) is 10.1. The minimum absolute atomic E-state index is 0.0219. The van der Waals surface area contributed by atoms with E-state index in [2.05, 4.69) is 4.72 Å². The molecule has 1 heterocycles. The fourth-order valence-corrected chi connectivity index (χ4v) is 3.79. The molecule has 1 saturated heterocycles. The molecule has 0 amide bonds. The van der Waals surface area contributed by atoms with Crippen molar-refractivity contribution in [2.45, 2.75) is 44.1 Å². The molecule has 0 aromatic heterocycles. The van der Waals surface area contributed by atoms with Crippen LogP contribution in [0.3, 0.4) is 0 Å². The molecule has 0 radical (unpaired) electrons. The average Bonchev–Trinajstić information content (AvgIpc) is 2.48. The van der Waals surface area contributed by atoms with Crippen molar-refractivity contribution in [2.24, 2.45) is 5.73 Å². The Hall–Kier alpha value is -0.950. The van der Waals surface area contributed by atoms with Crippen molar-refractivity contribution < 1.29 is 13.2 Å². The second kappa shape index (κ2) is 7.89. The summed E-state index contributed by atoms with van der Waals surface area (Å²) in [6.07, 6.45) is 4.23. The molecule has 6 heteroatoms. The minimum Gasteiger partial charge on any atom is -0.378 e. The SMILES string of the molecule is NCc1ccccc1CS(=O)(=O)NCCC1CCCCO1. The van der Waals surface area contributed by atoms with Gasteiger partial charge in [0.15, 0.2) is 0 Å². The van der Waals surface area contributed by atoms with Gasteiger partial charge in [0.2, 0.25) is 10.0 Å². The maximum Gasteiger partial charge on any atom is 0.215 e. The lowest BCUT2D eigenvalue weighted by Crippen LogP contribution is -2.30. The van der Waals surface area contributed by atoms with E-state index >= 15 is 0 Å². The van der Waals surface area contributed by atoms with Crippen LogP contribution in [0, 0.1) is 0 Å². The number of hydrogen-bond donors (Lipinski definition) is 2. The van der Waals surface area contributed by atoms with Crippen molar-refractivity contribution in [3.05, 3.63) is 35.4 Å². The lowest BCUT2D eigenvalue weighted by atomic mass is 10.1. The summed E-state index contributed by atoms with van der Waals surface area (Å²) in [6.45, 7) is 1.57. The largest absolute Gasteiger partial charge is 0.378 e. The molecular weight excluding hydrogens is 288 g/mol. The van der Waals surface area contributed by atoms with Crippen molar-refractivity contribution >= 4 is 10.0 Å². The number of nitrogens with two attached hydrogens (primary N) is 1. The molecule has 1 aliphatic heterocycles. The molecule has 0 saturated carbocycles. The van der Waals surface area contributed by atoms with Gasteiger partial charge in [0.05, 0.1) is 11.9 Å². The zero-order valence-corrected chi connectivity index (χ0v) is 13.1. The van der Waals surface area contributed by atoms with E-state index in [1.165, 1.54) is 6.42 Å². The minimum atomic E-state index is -3.33. The summed E-state index contributed by atoms with van der Waals surface area (Å²) in [5, 5.41) is 0. The van der Waals surface area contributed by atoms with Gasteiger partial charge in [0.1, 0.15) is 0 Å². The van der Waals surface area contributed by atoms with Crippen molar-refractivity contribution in [3.8, 4) is 0 Å². The fraction of sp³-hybridized carbons (Fsp3) is 0.600. The maximum absolute atomic E-state index is 12.1. The second-order valence-electron chi connectivity index (χ2n) is 5.40. The summed E-state index contributed by atoms with van der Waals surface area (Å²) in [7, 11) is -3.33. The molecule has 5 nitrogen and oxygen atoms in total. The first kappa shape index (κ1) is 16.4. The molecule has 1 aromatic carbocycles. The Morgan fingerprint density at radius 2 is 2.00 bits per heavy atom. The summed E-state index contributed by atoms with van der Waals surface area (Å²) in [5.41, 5.74) is 7.27. The average molecular weight is 312 g/mol. The molecule has 1 aliphatic rings. The zero-order valence-electron chi connectivity index (χ0n) is 12.3. The van der Waals surface area contributed by atoms with Gasteiger partial charge in [0, 0.05) is 19.7 Å². The lowest BCUT2D eigenvalue weighted by Gasteiger charge is -2.22. The fourth-order valence-electron chi connectivity index (χ4n) is 2.56. The highest BCUT2D eigenvalue weighted by Gasteiger charge is 2.17. The van der Waals surface area contributed by atoms with E-state index in [9.17, 15) is 8.42 Å². The first-order valence-electron chi connectivity index (χ1n) is 7.46. The monoisotopic (exact) mass is 312 g/mol. The smallest absolute Gasteiger partial charge is 0.215 e. The first-order valence-corrected chi connectivity index (χ1v) is 9.12. The van der Waals surface area contributed by atoms with Crippen molar-refractivity contribution in [2.75, 3.05) is 13.2 Å². The Labute approximate surface area is 126 Å². The summed E-state index contributed by atoms with van der Waals surface area (Å²) >= 11 is 0. The highest BCUT2D eigenvalue weighted by atomic mass is 32.2. The summed E-state index contributed by atoms with van der Waals surface area (Å²) < 4.78 is 32.5. The zero-order chi connectivity index (χ0) is 15.1. The Bertz CT molecular complexity index is 540. The van der Waals surface area contributed by atoms with Gasteiger partial charge in [-0.25, -0.2) is 13.1 Å². The molecule has 21 heavy (non-hydrogen) atoms. The number of nitrogens with one attached hydrogen (secondary N) is 1. The number of sulfonamides is 1.